The van der Waals surface area contributed by atoms with Crippen LogP contribution in [0.1, 0.15) is 64.7 Å². The van der Waals surface area contributed by atoms with E-state index in [4.69, 9.17) is 5.73 Å². The number of carbonyl (C=O) groups excluding carboxylic acids is 1. The molecule has 2 fully saturated rings. The third kappa shape index (κ3) is 3.95. The predicted octanol–water partition coefficient (Wildman–Crippen LogP) is 2.84. The van der Waals surface area contributed by atoms with Crippen molar-refractivity contribution in [1.82, 2.24) is 5.32 Å². The number of amides is 1. The Hall–Kier alpha value is -0.570. The first kappa shape index (κ1) is 14.8. The van der Waals surface area contributed by atoms with Gasteiger partial charge in [0.15, 0.2) is 0 Å². The lowest BCUT2D eigenvalue weighted by Crippen LogP contribution is -2.45. The zero-order chi connectivity index (χ0) is 13.7. The fourth-order valence-corrected chi connectivity index (χ4v) is 3.83. The Labute approximate surface area is 117 Å². The van der Waals surface area contributed by atoms with Gasteiger partial charge in [-0.3, -0.25) is 4.79 Å². The SMILES string of the molecule is CC1CCCCCC1NC(=O)C1CCCCC1CN. The molecule has 0 radical (unpaired) electrons. The van der Waals surface area contributed by atoms with Crippen molar-refractivity contribution in [3.8, 4) is 0 Å². The van der Waals surface area contributed by atoms with Crippen LogP contribution in [-0.2, 0) is 4.79 Å². The molecule has 3 N–H and O–H groups in total. The zero-order valence-electron chi connectivity index (χ0n) is 12.4. The summed E-state index contributed by atoms with van der Waals surface area (Å²) in [6.45, 7) is 2.95. The van der Waals surface area contributed by atoms with Gasteiger partial charge in [-0.05, 0) is 44.1 Å². The zero-order valence-corrected chi connectivity index (χ0v) is 12.4. The highest BCUT2D eigenvalue weighted by Gasteiger charge is 2.32. The van der Waals surface area contributed by atoms with Crippen LogP contribution in [0.3, 0.4) is 0 Å². The molecule has 3 nitrogen and oxygen atoms in total. The Morgan fingerprint density at radius 1 is 1.05 bits per heavy atom. The maximum atomic E-state index is 12.5. The first-order valence-corrected chi connectivity index (χ1v) is 8.22. The molecule has 3 heteroatoms. The van der Waals surface area contributed by atoms with Gasteiger partial charge in [0.05, 0.1) is 0 Å². The average Bonchev–Trinajstić information content (AvgIpc) is 2.64. The summed E-state index contributed by atoms with van der Waals surface area (Å²) in [6.07, 6.45) is 10.9. The number of hydrogen-bond donors (Lipinski definition) is 2. The largest absolute Gasteiger partial charge is 0.353 e. The van der Waals surface area contributed by atoms with Crippen LogP contribution in [0.25, 0.3) is 0 Å². The monoisotopic (exact) mass is 266 g/mol. The number of rotatable bonds is 3. The molecule has 0 spiro atoms. The van der Waals surface area contributed by atoms with Gasteiger partial charge in [-0.25, -0.2) is 0 Å². The van der Waals surface area contributed by atoms with Crippen LogP contribution in [0.2, 0.25) is 0 Å². The van der Waals surface area contributed by atoms with Crippen molar-refractivity contribution in [3.63, 3.8) is 0 Å². The molecule has 0 aliphatic heterocycles. The lowest BCUT2D eigenvalue weighted by Gasteiger charge is -2.32. The predicted molar refractivity (Wildman–Crippen MR) is 78.7 cm³/mol. The van der Waals surface area contributed by atoms with E-state index in [2.05, 4.69) is 12.2 Å². The normalized spacial score (nSPS) is 36.5. The summed E-state index contributed by atoms with van der Waals surface area (Å²) in [4.78, 5) is 12.5. The molecule has 110 valence electrons. The quantitative estimate of drug-likeness (QED) is 0.772. The van der Waals surface area contributed by atoms with Gasteiger partial charge >= 0.3 is 0 Å². The van der Waals surface area contributed by atoms with Gasteiger partial charge in [0, 0.05) is 12.0 Å². The lowest BCUT2D eigenvalue weighted by molar-refractivity contribution is -0.128. The number of nitrogens with two attached hydrogens (primary N) is 1. The highest BCUT2D eigenvalue weighted by atomic mass is 16.2. The maximum absolute atomic E-state index is 12.5. The van der Waals surface area contributed by atoms with Crippen molar-refractivity contribution < 1.29 is 4.79 Å². The van der Waals surface area contributed by atoms with Crippen LogP contribution < -0.4 is 11.1 Å². The molecular formula is C16H30N2O. The Kier molecular flexibility index (Phi) is 5.68. The van der Waals surface area contributed by atoms with Gasteiger partial charge in [0.25, 0.3) is 0 Å². The third-order valence-electron chi connectivity index (χ3n) is 5.24. The molecule has 4 atom stereocenters. The molecule has 2 aliphatic carbocycles. The van der Waals surface area contributed by atoms with Gasteiger partial charge in [-0.15, -0.1) is 0 Å². The number of hydrogen-bond acceptors (Lipinski definition) is 2. The number of nitrogens with one attached hydrogen (secondary N) is 1. The molecule has 0 aromatic rings. The van der Waals surface area contributed by atoms with E-state index in [1.165, 1.54) is 38.5 Å². The Bertz CT molecular complexity index is 292. The highest BCUT2D eigenvalue weighted by molar-refractivity contribution is 5.79. The minimum absolute atomic E-state index is 0.175. The summed E-state index contributed by atoms with van der Waals surface area (Å²) in [5.74, 6) is 1.50. The Morgan fingerprint density at radius 2 is 1.74 bits per heavy atom. The van der Waals surface area contributed by atoms with E-state index in [1.54, 1.807) is 0 Å². The van der Waals surface area contributed by atoms with E-state index in [9.17, 15) is 4.79 Å². The van der Waals surface area contributed by atoms with Crippen molar-refractivity contribution in [2.45, 2.75) is 70.8 Å². The Balaban J connectivity index is 1.91. The van der Waals surface area contributed by atoms with Crippen LogP contribution in [0, 0.1) is 17.8 Å². The van der Waals surface area contributed by atoms with Gasteiger partial charge in [0.1, 0.15) is 0 Å². The van der Waals surface area contributed by atoms with E-state index in [-0.39, 0.29) is 11.8 Å². The summed E-state index contributed by atoms with van der Waals surface area (Å²) in [7, 11) is 0. The summed E-state index contributed by atoms with van der Waals surface area (Å²) in [5, 5.41) is 3.35. The third-order valence-corrected chi connectivity index (χ3v) is 5.24. The molecular weight excluding hydrogens is 236 g/mol. The summed E-state index contributed by atoms with van der Waals surface area (Å²) in [6, 6.07) is 0.398. The second kappa shape index (κ2) is 7.28. The standard InChI is InChI=1S/C16H30N2O/c1-12-7-3-2-4-10-15(12)18-16(19)14-9-6-5-8-13(14)11-17/h12-15H,2-11,17H2,1H3,(H,18,19). The lowest BCUT2D eigenvalue weighted by atomic mass is 9.78. The van der Waals surface area contributed by atoms with Crippen molar-refractivity contribution >= 4 is 5.91 Å². The fraction of sp³-hybridized carbons (Fsp3) is 0.938. The molecule has 0 aromatic carbocycles. The molecule has 0 bridgehead atoms. The van der Waals surface area contributed by atoms with Crippen LogP contribution >= 0.6 is 0 Å². The van der Waals surface area contributed by atoms with Gasteiger partial charge in [0.2, 0.25) is 5.91 Å². The van der Waals surface area contributed by atoms with Crippen LogP contribution in [-0.4, -0.2) is 18.5 Å². The Morgan fingerprint density at radius 3 is 2.53 bits per heavy atom. The molecule has 2 aliphatic rings. The van der Waals surface area contributed by atoms with Gasteiger partial charge < -0.3 is 11.1 Å². The van der Waals surface area contributed by atoms with E-state index < -0.39 is 0 Å². The van der Waals surface area contributed by atoms with E-state index >= 15 is 0 Å². The van der Waals surface area contributed by atoms with Crippen LogP contribution in [0.15, 0.2) is 0 Å². The van der Waals surface area contributed by atoms with E-state index in [0.29, 0.717) is 24.4 Å². The molecule has 2 rings (SSSR count). The van der Waals surface area contributed by atoms with Crippen LogP contribution in [0.5, 0.6) is 0 Å². The minimum atomic E-state index is 0.175. The van der Waals surface area contributed by atoms with Crippen molar-refractivity contribution in [2.75, 3.05) is 6.54 Å². The second-order valence-corrected chi connectivity index (χ2v) is 6.62. The van der Waals surface area contributed by atoms with E-state index in [1.807, 2.05) is 0 Å². The minimum Gasteiger partial charge on any atom is -0.353 e. The average molecular weight is 266 g/mol. The molecule has 4 unspecified atom stereocenters. The van der Waals surface area contributed by atoms with Crippen LogP contribution in [0.4, 0.5) is 0 Å². The summed E-state index contributed by atoms with van der Waals surface area (Å²) >= 11 is 0. The maximum Gasteiger partial charge on any atom is 0.223 e. The van der Waals surface area contributed by atoms with Crippen molar-refractivity contribution in [2.24, 2.45) is 23.5 Å². The first-order valence-electron chi connectivity index (χ1n) is 8.22. The highest BCUT2D eigenvalue weighted by Crippen LogP contribution is 2.30. The summed E-state index contributed by atoms with van der Waals surface area (Å²) in [5.41, 5.74) is 5.84. The molecule has 0 heterocycles. The molecule has 1 amide bonds. The molecule has 0 saturated heterocycles. The molecule has 0 aromatic heterocycles. The second-order valence-electron chi connectivity index (χ2n) is 6.62. The summed E-state index contributed by atoms with van der Waals surface area (Å²) < 4.78 is 0. The van der Waals surface area contributed by atoms with Gasteiger partial charge in [-0.1, -0.05) is 39.0 Å². The van der Waals surface area contributed by atoms with Crippen molar-refractivity contribution in [3.05, 3.63) is 0 Å². The number of carbonyl (C=O) groups is 1. The first-order chi connectivity index (χ1) is 9.22. The van der Waals surface area contributed by atoms with Gasteiger partial charge in [-0.2, -0.15) is 0 Å². The van der Waals surface area contributed by atoms with E-state index in [0.717, 1.165) is 19.3 Å². The molecule has 19 heavy (non-hydrogen) atoms. The fourth-order valence-electron chi connectivity index (χ4n) is 3.83. The topological polar surface area (TPSA) is 55.1 Å². The molecule has 2 saturated carbocycles. The van der Waals surface area contributed by atoms with Crippen molar-refractivity contribution in [1.29, 1.82) is 0 Å². The smallest absolute Gasteiger partial charge is 0.223 e.